The van der Waals surface area contributed by atoms with E-state index < -0.39 is 6.29 Å². The van der Waals surface area contributed by atoms with E-state index in [1.807, 2.05) is 6.08 Å². The number of aliphatic hydroxyl groups excluding tert-OH is 1. The van der Waals surface area contributed by atoms with E-state index in [9.17, 15) is 5.11 Å². The molecule has 13 heavy (non-hydrogen) atoms. The Kier molecular flexibility index (Phi) is 3.94. The molecule has 1 rings (SSSR count). The van der Waals surface area contributed by atoms with Gasteiger partial charge in [0.25, 0.3) is 0 Å². The maximum Gasteiger partial charge on any atom is 0.158 e. The highest BCUT2D eigenvalue weighted by atomic mass is 16.6. The smallest absolute Gasteiger partial charge is 0.158 e. The van der Waals surface area contributed by atoms with E-state index in [1.54, 1.807) is 0 Å². The quantitative estimate of drug-likeness (QED) is 0.682. The van der Waals surface area contributed by atoms with Crippen LogP contribution < -0.4 is 0 Å². The summed E-state index contributed by atoms with van der Waals surface area (Å²) in [6.45, 7) is 6.66. The predicted molar refractivity (Wildman–Crippen MR) is 53.3 cm³/mol. The van der Waals surface area contributed by atoms with Gasteiger partial charge < -0.3 is 9.84 Å². The molecule has 1 aliphatic rings. The Hall–Kier alpha value is -0.340. The second-order valence-electron chi connectivity index (χ2n) is 4.25. The first-order valence-corrected chi connectivity index (χ1v) is 5.09. The van der Waals surface area contributed by atoms with Crippen LogP contribution in [0.5, 0.6) is 0 Å². The summed E-state index contributed by atoms with van der Waals surface area (Å²) in [7, 11) is 0. The molecule has 1 aliphatic heterocycles. The standard InChI is InChI=1S/C11H20O2/c1-8(2)9(3)7-10-5-4-6-11(12)13-10/h4-5,8-12H,6-7H2,1-3H3/t9-,10+,11?/m0/s1. The number of aliphatic hydroxyl groups is 1. The van der Waals surface area contributed by atoms with Crippen molar-refractivity contribution in [3.8, 4) is 0 Å². The average Bonchev–Trinajstić information content (AvgIpc) is 2.04. The molecule has 0 radical (unpaired) electrons. The first-order chi connectivity index (χ1) is 6.09. The Morgan fingerprint density at radius 1 is 1.46 bits per heavy atom. The van der Waals surface area contributed by atoms with Crippen molar-refractivity contribution < 1.29 is 9.84 Å². The minimum absolute atomic E-state index is 0.112. The summed E-state index contributed by atoms with van der Waals surface area (Å²) < 4.78 is 5.38. The van der Waals surface area contributed by atoms with Crippen molar-refractivity contribution in [3.05, 3.63) is 12.2 Å². The van der Waals surface area contributed by atoms with Crippen LogP contribution in [0.25, 0.3) is 0 Å². The van der Waals surface area contributed by atoms with Gasteiger partial charge in [0, 0.05) is 6.42 Å². The van der Waals surface area contributed by atoms with Gasteiger partial charge >= 0.3 is 0 Å². The fraction of sp³-hybridized carbons (Fsp3) is 0.818. The van der Waals surface area contributed by atoms with Crippen LogP contribution in [0.3, 0.4) is 0 Å². The molecule has 0 amide bonds. The Morgan fingerprint density at radius 3 is 2.69 bits per heavy atom. The third kappa shape index (κ3) is 3.49. The summed E-state index contributed by atoms with van der Waals surface area (Å²) in [6.07, 6.45) is 5.23. The van der Waals surface area contributed by atoms with Crippen molar-refractivity contribution in [2.75, 3.05) is 0 Å². The van der Waals surface area contributed by atoms with Crippen LogP contribution >= 0.6 is 0 Å². The lowest BCUT2D eigenvalue weighted by molar-refractivity contribution is -0.130. The van der Waals surface area contributed by atoms with Gasteiger partial charge in [-0.15, -0.1) is 0 Å². The van der Waals surface area contributed by atoms with Crippen molar-refractivity contribution in [1.82, 2.24) is 0 Å². The van der Waals surface area contributed by atoms with Gasteiger partial charge in [-0.1, -0.05) is 32.9 Å². The lowest BCUT2D eigenvalue weighted by Crippen LogP contribution is -2.26. The van der Waals surface area contributed by atoms with Crippen LogP contribution in [0, 0.1) is 11.8 Å². The summed E-state index contributed by atoms with van der Waals surface area (Å²) in [6, 6.07) is 0. The van der Waals surface area contributed by atoms with Gasteiger partial charge in [-0.2, -0.15) is 0 Å². The van der Waals surface area contributed by atoms with Crippen molar-refractivity contribution in [2.45, 2.75) is 46.0 Å². The molecular formula is C11H20O2. The highest BCUT2D eigenvalue weighted by Crippen LogP contribution is 2.21. The van der Waals surface area contributed by atoms with E-state index in [2.05, 4.69) is 26.8 Å². The van der Waals surface area contributed by atoms with Gasteiger partial charge in [-0.05, 0) is 18.3 Å². The first-order valence-electron chi connectivity index (χ1n) is 5.09. The molecule has 0 saturated heterocycles. The zero-order valence-corrected chi connectivity index (χ0v) is 8.73. The topological polar surface area (TPSA) is 29.5 Å². The van der Waals surface area contributed by atoms with Crippen LogP contribution in [0.15, 0.2) is 12.2 Å². The van der Waals surface area contributed by atoms with Gasteiger partial charge in [0.1, 0.15) is 0 Å². The summed E-state index contributed by atoms with van der Waals surface area (Å²) in [5.74, 6) is 1.32. The van der Waals surface area contributed by atoms with Crippen LogP contribution in [-0.2, 0) is 4.74 Å². The molecular weight excluding hydrogens is 164 g/mol. The Balaban J connectivity index is 2.36. The molecule has 0 aromatic rings. The molecule has 0 bridgehead atoms. The van der Waals surface area contributed by atoms with E-state index in [0.29, 0.717) is 18.3 Å². The lowest BCUT2D eigenvalue weighted by atomic mass is 9.91. The molecule has 0 fully saturated rings. The summed E-state index contributed by atoms with van der Waals surface area (Å²) >= 11 is 0. The lowest BCUT2D eigenvalue weighted by Gasteiger charge is -2.26. The predicted octanol–water partition coefficient (Wildman–Crippen LogP) is 2.33. The highest BCUT2D eigenvalue weighted by Gasteiger charge is 2.19. The van der Waals surface area contributed by atoms with Gasteiger partial charge in [-0.3, -0.25) is 0 Å². The summed E-state index contributed by atoms with van der Waals surface area (Å²) in [4.78, 5) is 0. The zero-order chi connectivity index (χ0) is 9.84. The zero-order valence-electron chi connectivity index (χ0n) is 8.73. The Morgan fingerprint density at radius 2 is 2.15 bits per heavy atom. The van der Waals surface area contributed by atoms with Crippen LogP contribution in [0.2, 0.25) is 0 Å². The van der Waals surface area contributed by atoms with Crippen LogP contribution in [0.1, 0.15) is 33.6 Å². The van der Waals surface area contributed by atoms with Crippen molar-refractivity contribution >= 4 is 0 Å². The molecule has 0 spiro atoms. The Labute approximate surface area is 80.6 Å². The van der Waals surface area contributed by atoms with E-state index in [0.717, 1.165) is 6.42 Å². The van der Waals surface area contributed by atoms with Gasteiger partial charge in [0.05, 0.1) is 6.10 Å². The fourth-order valence-corrected chi connectivity index (χ4v) is 1.42. The molecule has 1 unspecified atom stereocenters. The molecule has 2 heteroatoms. The van der Waals surface area contributed by atoms with Crippen LogP contribution in [-0.4, -0.2) is 17.5 Å². The molecule has 3 atom stereocenters. The van der Waals surface area contributed by atoms with E-state index in [1.165, 1.54) is 0 Å². The third-order valence-corrected chi connectivity index (χ3v) is 2.76. The van der Waals surface area contributed by atoms with Crippen LogP contribution in [0.4, 0.5) is 0 Å². The van der Waals surface area contributed by atoms with Crippen molar-refractivity contribution in [3.63, 3.8) is 0 Å². The number of hydrogen-bond acceptors (Lipinski definition) is 2. The molecule has 0 aromatic carbocycles. The van der Waals surface area contributed by atoms with Crippen molar-refractivity contribution in [2.24, 2.45) is 11.8 Å². The first kappa shape index (κ1) is 10.7. The molecule has 0 aromatic heterocycles. The van der Waals surface area contributed by atoms with E-state index in [-0.39, 0.29) is 6.10 Å². The molecule has 0 aliphatic carbocycles. The Bertz CT molecular complexity index is 175. The molecule has 1 heterocycles. The maximum atomic E-state index is 9.26. The SMILES string of the molecule is CC(C)[C@@H](C)C[C@H]1C=CCC(O)O1. The van der Waals surface area contributed by atoms with Gasteiger partial charge in [-0.25, -0.2) is 0 Å². The van der Waals surface area contributed by atoms with Gasteiger partial charge in [0.2, 0.25) is 0 Å². The third-order valence-electron chi connectivity index (χ3n) is 2.76. The minimum atomic E-state index is -0.589. The summed E-state index contributed by atoms with van der Waals surface area (Å²) in [5.41, 5.74) is 0. The summed E-state index contributed by atoms with van der Waals surface area (Å²) in [5, 5.41) is 9.26. The molecule has 76 valence electrons. The van der Waals surface area contributed by atoms with E-state index in [4.69, 9.17) is 4.74 Å². The monoisotopic (exact) mass is 184 g/mol. The minimum Gasteiger partial charge on any atom is -0.368 e. The fourth-order valence-electron chi connectivity index (χ4n) is 1.42. The van der Waals surface area contributed by atoms with Crippen molar-refractivity contribution in [1.29, 1.82) is 0 Å². The number of ether oxygens (including phenoxy) is 1. The molecule has 0 saturated carbocycles. The molecule has 1 N–H and O–H groups in total. The van der Waals surface area contributed by atoms with E-state index >= 15 is 0 Å². The maximum absolute atomic E-state index is 9.26. The average molecular weight is 184 g/mol. The number of hydrogen-bond donors (Lipinski definition) is 1. The van der Waals surface area contributed by atoms with Gasteiger partial charge in [0.15, 0.2) is 6.29 Å². The normalized spacial score (nSPS) is 30.8. The number of rotatable bonds is 3. The second kappa shape index (κ2) is 4.77. The highest BCUT2D eigenvalue weighted by molar-refractivity contribution is 4.94. The molecule has 2 nitrogen and oxygen atoms in total. The largest absolute Gasteiger partial charge is 0.368 e. The second-order valence-corrected chi connectivity index (χ2v) is 4.25.